The van der Waals surface area contributed by atoms with Gasteiger partial charge in [-0.2, -0.15) is 0 Å². The molecule has 0 radical (unpaired) electrons. The Morgan fingerprint density at radius 3 is 2.29 bits per heavy atom. The molecular weight excluding hydrogens is 172 g/mol. The van der Waals surface area contributed by atoms with Crippen molar-refractivity contribution in [1.29, 1.82) is 0 Å². The van der Waals surface area contributed by atoms with E-state index in [-0.39, 0.29) is 6.04 Å². The molecule has 0 saturated carbocycles. The first-order valence-electron chi connectivity index (χ1n) is 5.72. The molecule has 0 amide bonds. The second-order valence-corrected chi connectivity index (χ2v) is 5.15. The summed E-state index contributed by atoms with van der Waals surface area (Å²) in [4.78, 5) is 2.56. The summed E-state index contributed by atoms with van der Waals surface area (Å²) in [5.74, 6) is 0.682. The summed E-state index contributed by atoms with van der Waals surface area (Å²) in [6.45, 7) is 6.04. The minimum Gasteiger partial charge on any atom is -0.324 e. The maximum Gasteiger partial charge on any atom is 0.0278 e. The zero-order valence-electron chi connectivity index (χ0n) is 9.37. The Morgan fingerprint density at radius 2 is 1.86 bits per heavy atom. The average molecular weight is 194 g/mol. The first kappa shape index (κ1) is 10.2. The zero-order chi connectivity index (χ0) is 10.3. The highest BCUT2D eigenvalue weighted by atomic mass is 15.2. The lowest BCUT2D eigenvalue weighted by Gasteiger charge is -2.38. The topological polar surface area (TPSA) is 29.3 Å². The van der Waals surface area contributed by atoms with Crippen molar-refractivity contribution in [3.8, 4) is 0 Å². The zero-order valence-corrected chi connectivity index (χ0v) is 9.37. The molecule has 0 aliphatic carbocycles. The monoisotopic (exact) mass is 194 g/mol. The number of piperidine rings is 1. The van der Waals surface area contributed by atoms with Crippen molar-refractivity contribution in [2.45, 2.75) is 50.7 Å². The van der Waals surface area contributed by atoms with Gasteiger partial charge in [0.15, 0.2) is 0 Å². The molecule has 2 aliphatic heterocycles. The summed E-state index contributed by atoms with van der Waals surface area (Å²) >= 11 is 0. The fraction of sp³-hybridized carbons (Fsp3) is 0.833. The van der Waals surface area contributed by atoms with Crippen molar-refractivity contribution in [3.05, 3.63) is 12.2 Å². The molecular formula is C12H22N2. The largest absolute Gasteiger partial charge is 0.324 e. The Balaban J connectivity index is 2.02. The Hall–Kier alpha value is -0.340. The third kappa shape index (κ3) is 1.61. The molecule has 0 aromatic heterocycles. The van der Waals surface area contributed by atoms with Crippen LogP contribution >= 0.6 is 0 Å². The van der Waals surface area contributed by atoms with E-state index in [1.165, 1.54) is 25.7 Å². The summed E-state index contributed by atoms with van der Waals surface area (Å²) in [6.07, 6.45) is 5.31. The van der Waals surface area contributed by atoms with Crippen LogP contribution < -0.4 is 5.73 Å². The van der Waals surface area contributed by atoms with Crippen LogP contribution in [0.15, 0.2) is 12.2 Å². The molecule has 2 aliphatic rings. The van der Waals surface area contributed by atoms with Gasteiger partial charge < -0.3 is 10.6 Å². The van der Waals surface area contributed by atoms with Gasteiger partial charge in [-0.1, -0.05) is 12.2 Å². The van der Waals surface area contributed by atoms with E-state index in [4.69, 9.17) is 5.73 Å². The molecule has 2 heterocycles. The van der Waals surface area contributed by atoms with Crippen molar-refractivity contribution in [2.75, 3.05) is 7.05 Å². The number of fused-ring (bicyclic) bond motifs is 2. The Kier molecular flexibility index (Phi) is 2.67. The fourth-order valence-electron chi connectivity index (χ4n) is 3.15. The quantitative estimate of drug-likeness (QED) is 0.679. The highest BCUT2D eigenvalue weighted by Crippen LogP contribution is 2.39. The number of nitrogens with two attached hydrogens (primary N) is 1. The summed E-state index contributed by atoms with van der Waals surface area (Å²) in [5.41, 5.74) is 7.32. The predicted octanol–water partition coefficient (Wildman–Crippen LogP) is 1.76. The van der Waals surface area contributed by atoms with Gasteiger partial charge in [0, 0.05) is 18.1 Å². The Bertz CT molecular complexity index is 222. The second kappa shape index (κ2) is 3.67. The van der Waals surface area contributed by atoms with E-state index in [2.05, 4.69) is 25.5 Å². The van der Waals surface area contributed by atoms with Crippen LogP contribution in [-0.2, 0) is 0 Å². The van der Waals surface area contributed by atoms with Crippen LogP contribution in [0.2, 0.25) is 0 Å². The van der Waals surface area contributed by atoms with E-state index in [0.29, 0.717) is 5.92 Å². The molecule has 3 unspecified atom stereocenters. The summed E-state index contributed by atoms with van der Waals surface area (Å²) in [5, 5.41) is 0. The van der Waals surface area contributed by atoms with E-state index in [1.54, 1.807) is 0 Å². The minimum absolute atomic E-state index is 0.229. The molecule has 0 aromatic rings. The third-order valence-electron chi connectivity index (χ3n) is 4.21. The predicted molar refractivity (Wildman–Crippen MR) is 60.1 cm³/mol. The average Bonchev–Trinajstić information content (AvgIpc) is 2.42. The van der Waals surface area contributed by atoms with Gasteiger partial charge in [-0.25, -0.2) is 0 Å². The maximum absolute atomic E-state index is 6.17. The SMILES string of the molecule is C=C(C)C(N)C1CC2CCC(C1)N2C. The summed E-state index contributed by atoms with van der Waals surface area (Å²) in [7, 11) is 2.27. The lowest BCUT2D eigenvalue weighted by atomic mass is 9.83. The highest BCUT2D eigenvalue weighted by molar-refractivity contribution is 5.07. The van der Waals surface area contributed by atoms with Crippen LogP contribution in [0.5, 0.6) is 0 Å². The van der Waals surface area contributed by atoms with Crippen molar-refractivity contribution in [1.82, 2.24) is 4.90 Å². The van der Waals surface area contributed by atoms with Gasteiger partial charge in [0.2, 0.25) is 0 Å². The number of hydrogen-bond donors (Lipinski definition) is 1. The van der Waals surface area contributed by atoms with Gasteiger partial charge in [0.05, 0.1) is 0 Å². The molecule has 14 heavy (non-hydrogen) atoms. The van der Waals surface area contributed by atoms with Crippen LogP contribution in [0.25, 0.3) is 0 Å². The van der Waals surface area contributed by atoms with Crippen LogP contribution in [-0.4, -0.2) is 30.1 Å². The first-order chi connectivity index (χ1) is 6.59. The first-order valence-corrected chi connectivity index (χ1v) is 5.72. The van der Waals surface area contributed by atoms with Gasteiger partial charge >= 0.3 is 0 Å². The van der Waals surface area contributed by atoms with E-state index in [1.807, 2.05) is 0 Å². The van der Waals surface area contributed by atoms with E-state index in [9.17, 15) is 0 Å². The molecule has 2 nitrogen and oxygen atoms in total. The summed E-state index contributed by atoms with van der Waals surface area (Å²) < 4.78 is 0. The highest BCUT2D eigenvalue weighted by Gasteiger charge is 2.40. The molecule has 3 atom stereocenters. The lowest BCUT2D eigenvalue weighted by molar-refractivity contribution is 0.126. The molecule has 2 heteroatoms. The van der Waals surface area contributed by atoms with Gasteiger partial charge in [0.25, 0.3) is 0 Å². The van der Waals surface area contributed by atoms with Crippen molar-refractivity contribution in [3.63, 3.8) is 0 Å². The van der Waals surface area contributed by atoms with E-state index in [0.717, 1.165) is 17.7 Å². The molecule has 2 bridgehead atoms. The van der Waals surface area contributed by atoms with Gasteiger partial charge in [0.1, 0.15) is 0 Å². The molecule has 80 valence electrons. The van der Waals surface area contributed by atoms with Crippen LogP contribution in [0.3, 0.4) is 0 Å². The molecule has 0 spiro atoms. The number of rotatable bonds is 2. The molecule has 2 saturated heterocycles. The third-order valence-corrected chi connectivity index (χ3v) is 4.21. The van der Waals surface area contributed by atoms with Crippen LogP contribution in [0.4, 0.5) is 0 Å². The van der Waals surface area contributed by atoms with Crippen molar-refractivity contribution < 1.29 is 0 Å². The molecule has 2 fully saturated rings. The van der Waals surface area contributed by atoms with E-state index < -0.39 is 0 Å². The summed E-state index contributed by atoms with van der Waals surface area (Å²) in [6, 6.07) is 1.82. The molecule has 2 rings (SSSR count). The van der Waals surface area contributed by atoms with Gasteiger partial charge in [-0.15, -0.1) is 0 Å². The molecule has 2 N–H and O–H groups in total. The number of hydrogen-bond acceptors (Lipinski definition) is 2. The minimum atomic E-state index is 0.229. The van der Waals surface area contributed by atoms with E-state index >= 15 is 0 Å². The Morgan fingerprint density at radius 1 is 1.36 bits per heavy atom. The lowest BCUT2D eigenvalue weighted by Crippen LogP contribution is -2.45. The van der Waals surface area contributed by atoms with Gasteiger partial charge in [-0.05, 0) is 45.6 Å². The normalized spacial score (nSPS) is 39.8. The number of nitrogens with zero attached hydrogens (tertiary/aromatic N) is 1. The van der Waals surface area contributed by atoms with Crippen LogP contribution in [0, 0.1) is 5.92 Å². The van der Waals surface area contributed by atoms with Crippen molar-refractivity contribution >= 4 is 0 Å². The standard InChI is InChI=1S/C12H22N2/c1-8(2)12(13)9-6-10-4-5-11(7-9)14(10)3/h9-12H,1,4-7,13H2,2-3H3. The van der Waals surface area contributed by atoms with Gasteiger partial charge in [-0.3, -0.25) is 0 Å². The maximum atomic E-state index is 6.17. The fourth-order valence-corrected chi connectivity index (χ4v) is 3.15. The van der Waals surface area contributed by atoms with Crippen LogP contribution in [0.1, 0.15) is 32.6 Å². The Labute approximate surface area is 87.2 Å². The second-order valence-electron chi connectivity index (χ2n) is 5.15. The smallest absolute Gasteiger partial charge is 0.0278 e. The molecule has 0 aromatic carbocycles. The van der Waals surface area contributed by atoms with Crippen molar-refractivity contribution in [2.24, 2.45) is 11.7 Å².